The molecule has 8 nitrogen and oxygen atoms in total. The van der Waals surface area contributed by atoms with Gasteiger partial charge in [-0.1, -0.05) is 48.0 Å². The molecule has 0 fully saturated rings. The molecule has 5 aromatic rings. The second-order valence-electron chi connectivity index (χ2n) is 9.52. The molecule has 226 valence electrons. The van der Waals surface area contributed by atoms with Crippen molar-refractivity contribution in [2.75, 3.05) is 23.5 Å². The van der Waals surface area contributed by atoms with E-state index < -0.39 is 11.8 Å². The molecule has 0 aliphatic rings. The first-order chi connectivity index (χ1) is 21.9. The number of thiazole rings is 1. The van der Waals surface area contributed by atoms with E-state index in [0.717, 1.165) is 21.9 Å². The van der Waals surface area contributed by atoms with Crippen molar-refractivity contribution in [1.82, 2.24) is 10.3 Å². The van der Waals surface area contributed by atoms with Gasteiger partial charge in [-0.3, -0.25) is 14.4 Å². The van der Waals surface area contributed by atoms with E-state index in [1.165, 1.54) is 23.1 Å². The van der Waals surface area contributed by atoms with Crippen molar-refractivity contribution in [3.63, 3.8) is 0 Å². The van der Waals surface area contributed by atoms with Gasteiger partial charge in [-0.15, -0.1) is 23.1 Å². The Balaban J connectivity index is 1.21. The SMILES string of the molecule is COc1ccc(-c2csc(NC(=O)CSc3cccc(NC(=O)/C(=C/c4cccc(Cl)c4)NC(=O)c4ccccc4)c3)n2)cc1. The number of nitrogens with one attached hydrogen (secondary N) is 3. The third-order valence-electron chi connectivity index (χ3n) is 6.29. The van der Waals surface area contributed by atoms with Crippen molar-refractivity contribution < 1.29 is 19.1 Å². The molecule has 4 aromatic carbocycles. The predicted molar refractivity (Wildman–Crippen MR) is 182 cm³/mol. The summed E-state index contributed by atoms with van der Waals surface area (Å²) >= 11 is 8.80. The van der Waals surface area contributed by atoms with Crippen LogP contribution >= 0.6 is 34.7 Å². The van der Waals surface area contributed by atoms with Crippen LogP contribution in [0, 0.1) is 0 Å². The fraction of sp³-hybridized carbons (Fsp3) is 0.0588. The van der Waals surface area contributed by atoms with Gasteiger partial charge < -0.3 is 20.7 Å². The lowest BCUT2D eigenvalue weighted by molar-refractivity contribution is -0.114. The van der Waals surface area contributed by atoms with Crippen LogP contribution < -0.4 is 20.7 Å². The van der Waals surface area contributed by atoms with Crippen molar-refractivity contribution in [3.05, 3.63) is 130 Å². The van der Waals surface area contributed by atoms with E-state index in [1.807, 2.05) is 35.7 Å². The second-order valence-corrected chi connectivity index (χ2v) is 11.9. The number of ether oxygens (including phenoxy) is 1. The van der Waals surface area contributed by atoms with E-state index in [0.29, 0.717) is 27.0 Å². The standard InChI is InChI=1S/C34H27ClN4O4S2/c1-43-27-15-13-23(14-16-27)30-20-45-34(38-30)39-31(40)21-44-28-12-6-11-26(19-28)36-33(42)29(18-22-7-5-10-25(35)17-22)37-32(41)24-8-3-2-4-9-24/h2-20H,21H2,1H3,(H,36,42)(H,37,41)(H,38,39,40)/b29-18-. The van der Waals surface area contributed by atoms with Crippen LogP contribution in [-0.4, -0.2) is 35.6 Å². The molecule has 3 N–H and O–H groups in total. The number of thioether (sulfide) groups is 1. The van der Waals surface area contributed by atoms with Crippen LogP contribution in [0.2, 0.25) is 5.02 Å². The van der Waals surface area contributed by atoms with Gasteiger partial charge in [-0.05, 0) is 78.4 Å². The van der Waals surface area contributed by atoms with Crippen molar-refractivity contribution in [2.24, 2.45) is 0 Å². The first-order valence-corrected chi connectivity index (χ1v) is 15.9. The van der Waals surface area contributed by atoms with Gasteiger partial charge >= 0.3 is 0 Å². The minimum Gasteiger partial charge on any atom is -0.497 e. The van der Waals surface area contributed by atoms with Crippen LogP contribution in [0.5, 0.6) is 5.75 Å². The van der Waals surface area contributed by atoms with E-state index in [2.05, 4.69) is 20.9 Å². The molecule has 11 heteroatoms. The minimum absolute atomic E-state index is 0.0426. The summed E-state index contributed by atoms with van der Waals surface area (Å²) in [5.41, 5.74) is 3.28. The Labute approximate surface area is 273 Å². The number of anilines is 2. The molecule has 0 aliphatic carbocycles. The molecule has 0 aliphatic heterocycles. The van der Waals surface area contributed by atoms with Crippen LogP contribution in [0.1, 0.15) is 15.9 Å². The van der Waals surface area contributed by atoms with Gasteiger partial charge in [-0.2, -0.15) is 0 Å². The lowest BCUT2D eigenvalue weighted by Gasteiger charge is -2.12. The van der Waals surface area contributed by atoms with Crippen LogP contribution in [0.15, 0.2) is 119 Å². The molecule has 0 bridgehead atoms. The summed E-state index contributed by atoms with van der Waals surface area (Å²) < 4.78 is 5.20. The highest BCUT2D eigenvalue weighted by Crippen LogP contribution is 2.27. The number of methoxy groups -OCH3 is 1. The molecule has 0 saturated heterocycles. The van der Waals surface area contributed by atoms with Gasteiger partial charge in [0.05, 0.1) is 18.6 Å². The van der Waals surface area contributed by atoms with E-state index in [-0.39, 0.29) is 17.4 Å². The van der Waals surface area contributed by atoms with Crippen molar-refractivity contribution >= 4 is 69.3 Å². The topological polar surface area (TPSA) is 109 Å². The summed E-state index contributed by atoms with van der Waals surface area (Å²) in [5.74, 6) is -0.254. The number of halogens is 1. The van der Waals surface area contributed by atoms with E-state index in [4.69, 9.17) is 16.3 Å². The van der Waals surface area contributed by atoms with Gasteiger partial charge in [0.1, 0.15) is 11.4 Å². The molecule has 3 amide bonds. The molecule has 0 radical (unpaired) electrons. The Kier molecular flexibility index (Phi) is 10.7. The second kappa shape index (κ2) is 15.2. The first-order valence-electron chi connectivity index (χ1n) is 13.6. The number of nitrogens with zero attached hydrogens (tertiary/aromatic N) is 1. The van der Waals surface area contributed by atoms with E-state index in [1.54, 1.807) is 86.0 Å². The summed E-state index contributed by atoms with van der Waals surface area (Å²) in [6.45, 7) is 0. The normalized spacial score (nSPS) is 11.0. The number of carbonyl (C=O) groups excluding carboxylic acids is 3. The average Bonchev–Trinajstić information content (AvgIpc) is 3.52. The summed E-state index contributed by atoms with van der Waals surface area (Å²) in [7, 11) is 1.61. The number of amides is 3. The summed E-state index contributed by atoms with van der Waals surface area (Å²) in [6.07, 6.45) is 1.56. The Morgan fingerprint density at radius 1 is 0.911 bits per heavy atom. The monoisotopic (exact) mass is 654 g/mol. The summed E-state index contributed by atoms with van der Waals surface area (Å²) in [4.78, 5) is 44.2. The van der Waals surface area contributed by atoms with Crippen molar-refractivity contribution in [1.29, 1.82) is 0 Å². The lowest BCUT2D eigenvalue weighted by Crippen LogP contribution is -2.30. The van der Waals surface area contributed by atoms with Gasteiger partial charge in [0.25, 0.3) is 11.8 Å². The van der Waals surface area contributed by atoms with Crippen LogP contribution in [-0.2, 0) is 9.59 Å². The van der Waals surface area contributed by atoms with Gasteiger partial charge in [0.2, 0.25) is 5.91 Å². The molecule has 0 saturated carbocycles. The zero-order chi connectivity index (χ0) is 31.6. The zero-order valence-electron chi connectivity index (χ0n) is 24.0. The Morgan fingerprint density at radius 2 is 1.69 bits per heavy atom. The highest BCUT2D eigenvalue weighted by Gasteiger charge is 2.16. The number of rotatable bonds is 11. The number of hydrogen-bond acceptors (Lipinski definition) is 7. The molecule has 5 rings (SSSR count). The van der Waals surface area contributed by atoms with E-state index in [9.17, 15) is 14.4 Å². The minimum atomic E-state index is -0.518. The third kappa shape index (κ3) is 9.05. The maximum atomic E-state index is 13.4. The Bertz CT molecular complexity index is 1840. The van der Waals surface area contributed by atoms with Gasteiger partial charge in [0.15, 0.2) is 5.13 Å². The number of carbonyl (C=O) groups is 3. The quantitative estimate of drug-likeness (QED) is 0.0999. The summed E-state index contributed by atoms with van der Waals surface area (Å²) in [5, 5.41) is 11.3. The molecule has 1 aromatic heterocycles. The van der Waals surface area contributed by atoms with Crippen molar-refractivity contribution in [3.8, 4) is 17.0 Å². The molecular weight excluding hydrogens is 628 g/mol. The first kappa shape index (κ1) is 31.5. The number of benzene rings is 4. The zero-order valence-corrected chi connectivity index (χ0v) is 26.3. The highest BCUT2D eigenvalue weighted by atomic mass is 35.5. The molecule has 0 unspecified atom stereocenters. The Morgan fingerprint density at radius 3 is 2.44 bits per heavy atom. The average molecular weight is 655 g/mol. The smallest absolute Gasteiger partial charge is 0.272 e. The maximum absolute atomic E-state index is 13.4. The van der Waals surface area contributed by atoms with Gasteiger partial charge in [-0.25, -0.2) is 4.98 Å². The number of hydrogen-bond donors (Lipinski definition) is 3. The lowest BCUT2D eigenvalue weighted by atomic mass is 10.1. The third-order valence-corrected chi connectivity index (χ3v) is 8.27. The molecule has 1 heterocycles. The summed E-state index contributed by atoms with van der Waals surface area (Å²) in [6, 6.07) is 30.2. The highest BCUT2D eigenvalue weighted by molar-refractivity contribution is 8.00. The molecule has 0 spiro atoms. The largest absolute Gasteiger partial charge is 0.497 e. The fourth-order valence-corrected chi connectivity index (χ4v) is 5.79. The predicted octanol–water partition coefficient (Wildman–Crippen LogP) is 7.61. The van der Waals surface area contributed by atoms with Crippen molar-refractivity contribution in [2.45, 2.75) is 4.90 Å². The number of aromatic nitrogens is 1. The van der Waals surface area contributed by atoms with E-state index >= 15 is 0 Å². The van der Waals surface area contributed by atoms with Crippen LogP contribution in [0.3, 0.4) is 0 Å². The van der Waals surface area contributed by atoms with Crippen LogP contribution in [0.25, 0.3) is 17.3 Å². The molecule has 0 atom stereocenters. The van der Waals surface area contributed by atoms with Crippen LogP contribution in [0.4, 0.5) is 10.8 Å². The molecular formula is C34H27ClN4O4S2. The Hall–Kier alpha value is -4.90. The fourth-order valence-electron chi connectivity index (χ4n) is 4.10. The maximum Gasteiger partial charge on any atom is 0.272 e. The van der Waals surface area contributed by atoms with Gasteiger partial charge in [0, 0.05) is 32.1 Å². The molecule has 45 heavy (non-hydrogen) atoms.